The van der Waals surface area contributed by atoms with Crippen LogP contribution in [0.3, 0.4) is 0 Å². The smallest absolute Gasteiger partial charge is 0.457 e. The van der Waals surface area contributed by atoms with E-state index in [1.165, 1.54) is 0 Å². The standard InChI is InChI=1S/C22H17BN3O4.C20H21BN3O4.C19H19BN3O4.C18H17BN3O4.C17H15BN3O4.2CH4/c1-25-18-7-9-19(10-8-18)29-20-11-12-21(26-24)17(13-20)14-27-23-28-15-22(30-23)16-5-3-2-4-6-16;1-19(2)20(3,4)28-21(27-19)25-13-14-12-17(10-11-18(14)24-22)26-16-8-6-15(23-5)7-9-16;1-19(2)12-25-20(26-13-19)24-11-14-10-17(8-9-18(14)23-21)27-16-6-4-15(22-3)5-7-16;1-21-15-4-6-16(7-5-15)26-17-8-9-18(22-20)14(12-17)13-25-19-23-10-2-3-11-24-19;1-20-14-3-5-15(6-4-14)25-16-7-8-17(21-19)13(11-16)12-24-18-22-9-2-10-23-18;;/h2-13,22H,14-15H2;6-12H,13H2,1-4H3;4-10H,11-13H2,1-2H3;4-9,12H,2-3,10-11,13H2;3-8,11H,2,9-10,12H2;2*1H4/q5*+1;;. The first-order valence-electron chi connectivity index (χ1n) is 42.7. The molecule has 0 spiro atoms. The molecule has 1 atom stereocenters. The van der Waals surface area contributed by atoms with Crippen LogP contribution in [0, 0.1) is 65.2 Å². The normalized spacial score (nSPS) is 15.0. The number of nitrogens with zero attached hydrogens (tertiary/aromatic N) is 15. The summed E-state index contributed by atoms with van der Waals surface area (Å²) in [5.41, 5.74) is 7.71. The minimum Gasteiger partial charge on any atom is -0.457 e. The van der Waals surface area contributed by atoms with Crippen molar-refractivity contribution in [3.05, 3.63) is 358 Å². The molecule has 138 heavy (non-hydrogen) atoms. The number of ether oxygens (including phenoxy) is 5. The van der Waals surface area contributed by atoms with Crippen molar-refractivity contribution in [2.45, 2.75) is 126 Å². The van der Waals surface area contributed by atoms with Gasteiger partial charge in [-0.15, -0.1) is 0 Å². The second kappa shape index (κ2) is 52.5. The zero-order valence-electron chi connectivity index (χ0n) is 75.0. The van der Waals surface area contributed by atoms with E-state index in [2.05, 4.69) is 63.0 Å². The van der Waals surface area contributed by atoms with Crippen LogP contribution >= 0.6 is 0 Å². The molecule has 16 rings (SSSR count). The van der Waals surface area contributed by atoms with Crippen molar-refractivity contribution >= 4 is 93.5 Å². The molecule has 5 aliphatic heterocycles. The minimum atomic E-state index is -0.817. The Labute approximate surface area is 802 Å². The molecular formula is C98H97B5N15O20+5. The van der Waals surface area contributed by atoms with Crippen LogP contribution in [0.5, 0.6) is 57.5 Å². The largest absolute Gasteiger partial charge is 0.640 e. The summed E-state index contributed by atoms with van der Waals surface area (Å²) in [6.07, 6.45) is 2.53. The summed E-state index contributed by atoms with van der Waals surface area (Å²) >= 11 is 0. The molecule has 40 heteroatoms. The Morgan fingerprint density at radius 2 is 0.543 bits per heavy atom. The van der Waals surface area contributed by atoms with Crippen LogP contribution in [-0.4, -0.2) is 94.1 Å². The SMILES string of the molecule is C.C.[C-]#[N+]c1ccc(Oc2ccc([N+]#N)c(COB3OC(C)(C)C(C)(C)O3)c2)cc1.[C-]#[N+]c1ccc(Oc2ccc([N+]#N)c(COB3OCC(C)(C)CO3)c2)cc1.[C-]#[N+]c1ccc(Oc2ccc([N+]#N)c(COB3OCC(c4ccccc4)O3)c2)cc1.[C-]#[N+]c1ccc(Oc2ccc([N+]#N)c(COB3OCCCCO3)c2)cc1.[C-]#[N+]c1ccc(Oc2ccc([N+]#N)c(COB3OCCCO3)c2)cc1. The highest BCUT2D eigenvalue weighted by Crippen LogP contribution is 2.41. The Morgan fingerprint density at radius 1 is 0.297 bits per heavy atom. The predicted molar refractivity (Wildman–Crippen MR) is 516 cm³/mol. The Kier molecular flexibility index (Phi) is 39.9. The van der Waals surface area contributed by atoms with Gasteiger partial charge < -0.3 is 93.5 Å². The van der Waals surface area contributed by atoms with Gasteiger partial charge in [0.05, 0.1) is 118 Å². The predicted octanol–water partition coefficient (Wildman–Crippen LogP) is 27.1. The van der Waals surface area contributed by atoms with Crippen LogP contribution in [0.25, 0.3) is 49.1 Å². The molecule has 0 saturated carbocycles. The molecule has 0 aliphatic carbocycles. The van der Waals surface area contributed by atoms with Crippen molar-refractivity contribution in [1.29, 1.82) is 27.0 Å². The van der Waals surface area contributed by atoms with Gasteiger partial charge in [0.15, 0.2) is 53.3 Å². The quantitative estimate of drug-likeness (QED) is 0.0276. The number of benzene rings is 11. The number of hydrogen-bond acceptors (Lipinski definition) is 25. The Hall–Kier alpha value is -15.3. The van der Waals surface area contributed by atoms with Gasteiger partial charge in [-0.2, -0.15) is 0 Å². The molecule has 0 radical (unpaired) electrons. The molecule has 5 fully saturated rings. The summed E-state index contributed by atoms with van der Waals surface area (Å²) in [5, 5.41) is 46.0. The lowest BCUT2D eigenvalue weighted by atomic mass is 9.90. The van der Waals surface area contributed by atoms with Crippen LogP contribution in [-0.2, 0) is 103 Å². The molecule has 11 aromatic rings. The lowest BCUT2D eigenvalue weighted by Gasteiger charge is -2.31. The molecule has 0 N–H and O–H groups in total. The van der Waals surface area contributed by atoms with Gasteiger partial charge in [-0.1, -0.05) is 120 Å². The lowest BCUT2D eigenvalue weighted by Crippen LogP contribution is -2.42. The summed E-state index contributed by atoms with van der Waals surface area (Å²) in [6, 6.07) is 69.1. The van der Waals surface area contributed by atoms with Crippen molar-refractivity contribution in [1.82, 2.24) is 0 Å². The van der Waals surface area contributed by atoms with Crippen LogP contribution in [0.1, 0.15) is 115 Å². The van der Waals surface area contributed by atoms with E-state index >= 15 is 0 Å². The van der Waals surface area contributed by atoms with E-state index in [1.807, 2.05) is 58.0 Å². The molecule has 5 aliphatic rings. The summed E-state index contributed by atoms with van der Waals surface area (Å²) in [4.78, 5) is 33.1. The topological polar surface area (TPSA) is 347 Å². The summed E-state index contributed by atoms with van der Waals surface area (Å²) < 4.78 is 113. The minimum absolute atomic E-state index is 0. The first-order chi connectivity index (χ1) is 66.0. The highest BCUT2D eigenvalue weighted by atomic mass is 16.8. The van der Waals surface area contributed by atoms with E-state index in [0.717, 1.165) is 24.8 Å². The Morgan fingerprint density at radius 3 is 0.812 bits per heavy atom. The van der Waals surface area contributed by atoms with Crippen molar-refractivity contribution in [2.75, 3.05) is 46.2 Å². The fraction of sp³-hybridized carbons (Fsp3) is 0.276. The molecule has 0 amide bonds. The van der Waals surface area contributed by atoms with Crippen LogP contribution in [0.2, 0.25) is 0 Å². The molecule has 11 aromatic carbocycles. The van der Waals surface area contributed by atoms with Gasteiger partial charge in [-0.3, -0.25) is 0 Å². The molecule has 5 heterocycles. The second-order valence-electron chi connectivity index (χ2n) is 31.9. The van der Waals surface area contributed by atoms with Gasteiger partial charge in [0, 0.05) is 75.4 Å². The van der Waals surface area contributed by atoms with Crippen molar-refractivity contribution < 1.29 is 93.5 Å². The van der Waals surface area contributed by atoms with E-state index < -0.39 is 47.8 Å². The molecule has 0 bridgehead atoms. The summed E-state index contributed by atoms with van der Waals surface area (Å²) in [7, 11) is -3.83. The van der Waals surface area contributed by atoms with Crippen LogP contribution < -0.4 is 23.7 Å². The summed E-state index contributed by atoms with van der Waals surface area (Å²) in [6.45, 7) is 51.3. The highest BCUT2D eigenvalue weighted by Gasteiger charge is 2.53. The number of hydrogen-bond donors (Lipinski definition) is 0. The van der Waals surface area contributed by atoms with Gasteiger partial charge in [0.1, 0.15) is 57.5 Å². The molecule has 0 aromatic heterocycles. The lowest BCUT2D eigenvalue weighted by molar-refractivity contribution is -0.0213. The van der Waals surface area contributed by atoms with Gasteiger partial charge in [-0.25, -0.2) is 24.2 Å². The van der Waals surface area contributed by atoms with Crippen molar-refractivity contribution in [3.8, 4) is 57.5 Å². The molecule has 1 unspecified atom stereocenters. The Bertz CT molecular complexity index is 6300. The first kappa shape index (κ1) is 105. The van der Waals surface area contributed by atoms with Gasteiger partial charge >= 0.3 is 65.0 Å². The third kappa shape index (κ3) is 31.7. The zero-order valence-corrected chi connectivity index (χ0v) is 75.0. The highest BCUT2D eigenvalue weighted by molar-refractivity contribution is 6.38. The van der Waals surface area contributed by atoms with Crippen LogP contribution in [0.15, 0.2) is 243 Å². The molecule has 5 saturated heterocycles. The van der Waals surface area contributed by atoms with E-state index in [4.69, 9.17) is 132 Å². The number of rotatable bonds is 26. The molecule has 694 valence electrons. The summed E-state index contributed by atoms with van der Waals surface area (Å²) in [5.74, 6) is 5.78. The van der Waals surface area contributed by atoms with E-state index in [-0.39, 0.29) is 59.4 Å². The fourth-order valence-corrected chi connectivity index (χ4v) is 12.8. The molecular weight excluding hydrogens is 1760 g/mol. The van der Waals surface area contributed by atoms with Gasteiger partial charge in [0.25, 0.3) is 0 Å². The number of diazo groups is 5. The third-order valence-electron chi connectivity index (χ3n) is 20.8. The second-order valence-corrected chi connectivity index (χ2v) is 31.9. The van der Waals surface area contributed by atoms with Crippen molar-refractivity contribution in [2.24, 2.45) is 5.41 Å². The molecule has 35 nitrogen and oxygen atoms in total. The van der Waals surface area contributed by atoms with E-state index in [9.17, 15) is 21.6 Å². The van der Waals surface area contributed by atoms with Crippen molar-refractivity contribution in [3.63, 3.8) is 0 Å². The maximum absolute atomic E-state index is 9.28. The Balaban J connectivity index is 0.000000178. The van der Waals surface area contributed by atoms with E-state index in [1.54, 1.807) is 212 Å². The van der Waals surface area contributed by atoms with E-state index in [0.29, 0.717) is 188 Å². The van der Waals surface area contributed by atoms with Crippen LogP contribution in [0.4, 0.5) is 56.9 Å². The monoisotopic (exact) mass is 1860 g/mol. The van der Waals surface area contributed by atoms with Gasteiger partial charge in [0.2, 0.25) is 27.0 Å². The maximum Gasteiger partial charge on any atom is 0.640 e. The average Bonchev–Trinajstić information content (AvgIpc) is 1.64. The fourth-order valence-electron chi connectivity index (χ4n) is 12.8. The third-order valence-corrected chi connectivity index (χ3v) is 20.8. The first-order valence-corrected chi connectivity index (χ1v) is 42.7. The van der Waals surface area contributed by atoms with Gasteiger partial charge in [-0.05, 0) is 174 Å². The maximum atomic E-state index is 9.28. The average molecular weight is 1860 g/mol. The zero-order chi connectivity index (χ0) is 96.1.